The van der Waals surface area contributed by atoms with E-state index in [0.29, 0.717) is 0 Å². The molecule has 0 aliphatic carbocycles. The molecular weight excluding hydrogens is 266 g/mol. The van der Waals surface area contributed by atoms with Crippen LogP contribution in [0, 0.1) is 25.6 Å². The number of rotatable bonds is 4. The van der Waals surface area contributed by atoms with Gasteiger partial charge in [-0.1, -0.05) is 20.8 Å². The Hall–Kier alpha value is -2.51. The Kier molecular flexibility index (Phi) is 4.38. The molecule has 1 amide bonds. The Bertz CT molecular complexity index is 530. The highest BCUT2D eigenvalue weighted by atomic mass is 16.6. The van der Waals surface area contributed by atoms with E-state index in [2.05, 4.69) is 5.32 Å². The summed E-state index contributed by atoms with van der Waals surface area (Å²) in [4.78, 5) is 31.7. The summed E-state index contributed by atoms with van der Waals surface area (Å²) >= 11 is 0. The van der Waals surface area contributed by atoms with Crippen molar-refractivity contribution in [1.29, 1.82) is 0 Å². The van der Waals surface area contributed by atoms with Gasteiger partial charge in [0.05, 0.1) is 21.6 Å². The molecule has 0 saturated carbocycles. The maximum atomic E-state index is 11.7. The average molecular weight is 281 g/mol. The van der Waals surface area contributed by atoms with Crippen LogP contribution in [0.15, 0.2) is 18.2 Å². The summed E-state index contributed by atoms with van der Waals surface area (Å²) in [6.07, 6.45) is 0.198. The molecule has 0 radical (unpaired) electrons. The molecule has 0 spiro atoms. The average Bonchev–Trinajstić information content (AvgIpc) is 2.25. The van der Waals surface area contributed by atoms with Gasteiger partial charge in [0.1, 0.15) is 0 Å². The fourth-order valence-electron chi connectivity index (χ4n) is 1.56. The molecule has 0 heterocycles. The molecule has 0 aliphatic heterocycles. The van der Waals surface area contributed by atoms with Crippen LogP contribution in [-0.4, -0.2) is 15.8 Å². The number of non-ortho nitro benzene ring substituents is 2. The largest absolute Gasteiger partial charge is 0.326 e. The lowest BCUT2D eigenvalue weighted by Crippen LogP contribution is -2.19. The summed E-state index contributed by atoms with van der Waals surface area (Å²) in [6.45, 7) is 5.59. The molecule has 1 rings (SSSR count). The maximum absolute atomic E-state index is 11.7. The third-order valence-corrected chi connectivity index (χ3v) is 2.30. The predicted molar refractivity (Wildman–Crippen MR) is 72.5 cm³/mol. The summed E-state index contributed by atoms with van der Waals surface area (Å²) in [5, 5.41) is 23.9. The van der Waals surface area contributed by atoms with Crippen LogP contribution in [-0.2, 0) is 4.79 Å². The van der Waals surface area contributed by atoms with Gasteiger partial charge in [-0.05, 0) is 5.41 Å². The number of carbonyl (C=O) groups is 1. The van der Waals surface area contributed by atoms with Gasteiger partial charge in [-0.25, -0.2) is 0 Å². The SMILES string of the molecule is CC(C)(C)CC(=O)Nc1cc([N+](=O)[O-])cc([N+](=O)[O-])c1. The third kappa shape index (κ3) is 4.63. The Morgan fingerprint density at radius 2 is 1.55 bits per heavy atom. The molecule has 0 bridgehead atoms. The highest BCUT2D eigenvalue weighted by molar-refractivity contribution is 5.91. The number of nitrogens with one attached hydrogen (secondary N) is 1. The van der Waals surface area contributed by atoms with E-state index in [1.54, 1.807) is 0 Å². The number of hydrogen-bond donors (Lipinski definition) is 1. The van der Waals surface area contributed by atoms with E-state index in [1.165, 1.54) is 0 Å². The standard InChI is InChI=1S/C12H15N3O5/c1-12(2,3)7-11(16)13-8-4-9(14(17)18)6-10(5-8)15(19)20/h4-6H,7H2,1-3H3,(H,13,16). The van der Waals surface area contributed by atoms with Crippen LogP contribution >= 0.6 is 0 Å². The molecule has 8 nitrogen and oxygen atoms in total. The second kappa shape index (κ2) is 5.64. The fraction of sp³-hybridized carbons (Fsp3) is 0.417. The number of nitrogens with zero attached hydrogens (tertiary/aromatic N) is 2. The van der Waals surface area contributed by atoms with Crippen molar-refractivity contribution in [2.45, 2.75) is 27.2 Å². The van der Waals surface area contributed by atoms with Gasteiger partial charge in [-0.3, -0.25) is 25.0 Å². The summed E-state index contributed by atoms with van der Waals surface area (Å²) in [5.74, 6) is -0.354. The summed E-state index contributed by atoms with van der Waals surface area (Å²) in [5.41, 5.74) is -1.09. The molecule has 108 valence electrons. The van der Waals surface area contributed by atoms with Crippen molar-refractivity contribution < 1.29 is 14.6 Å². The van der Waals surface area contributed by atoms with Crippen molar-refractivity contribution in [2.24, 2.45) is 5.41 Å². The molecule has 20 heavy (non-hydrogen) atoms. The molecule has 0 saturated heterocycles. The third-order valence-electron chi connectivity index (χ3n) is 2.30. The number of nitro groups is 2. The summed E-state index contributed by atoms with van der Waals surface area (Å²) < 4.78 is 0. The van der Waals surface area contributed by atoms with E-state index in [-0.39, 0.29) is 23.4 Å². The lowest BCUT2D eigenvalue weighted by molar-refractivity contribution is -0.394. The van der Waals surface area contributed by atoms with Gasteiger partial charge < -0.3 is 5.32 Å². The molecular formula is C12H15N3O5. The van der Waals surface area contributed by atoms with Gasteiger partial charge in [0.15, 0.2) is 0 Å². The van der Waals surface area contributed by atoms with Crippen molar-refractivity contribution in [2.75, 3.05) is 5.32 Å². The molecule has 1 aromatic carbocycles. The van der Waals surface area contributed by atoms with Gasteiger partial charge in [0.25, 0.3) is 11.4 Å². The Morgan fingerprint density at radius 1 is 1.10 bits per heavy atom. The smallest absolute Gasteiger partial charge is 0.278 e. The highest BCUT2D eigenvalue weighted by Crippen LogP contribution is 2.27. The van der Waals surface area contributed by atoms with Crippen molar-refractivity contribution >= 4 is 23.0 Å². The van der Waals surface area contributed by atoms with Crippen LogP contribution in [0.4, 0.5) is 17.1 Å². The lowest BCUT2D eigenvalue weighted by atomic mass is 9.92. The van der Waals surface area contributed by atoms with Gasteiger partial charge in [-0.15, -0.1) is 0 Å². The molecule has 0 atom stereocenters. The summed E-state index contributed by atoms with van der Waals surface area (Å²) in [6, 6.07) is 3.03. The van der Waals surface area contributed by atoms with E-state index in [9.17, 15) is 25.0 Å². The van der Waals surface area contributed by atoms with Gasteiger partial charge in [0.2, 0.25) is 5.91 Å². The Labute approximate surface area is 115 Å². The van der Waals surface area contributed by atoms with Gasteiger partial charge in [0, 0.05) is 18.6 Å². The predicted octanol–water partition coefficient (Wildman–Crippen LogP) is 2.88. The topological polar surface area (TPSA) is 115 Å². The van der Waals surface area contributed by atoms with Gasteiger partial charge >= 0.3 is 0 Å². The quantitative estimate of drug-likeness (QED) is 0.672. The van der Waals surface area contributed by atoms with Crippen molar-refractivity contribution in [1.82, 2.24) is 0 Å². The zero-order valence-corrected chi connectivity index (χ0v) is 11.4. The van der Waals surface area contributed by atoms with E-state index in [0.717, 1.165) is 18.2 Å². The molecule has 0 aromatic heterocycles. The minimum atomic E-state index is -0.744. The Morgan fingerprint density at radius 3 is 1.90 bits per heavy atom. The van der Waals surface area contributed by atoms with Crippen LogP contribution in [0.3, 0.4) is 0 Å². The molecule has 1 N–H and O–H groups in total. The number of carbonyl (C=O) groups excluding carboxylic acids is 1. The van der Waals surface area contributed by atoms with Crippen LogP contribution in [0.1, 0.15) is 27.2 Å². The first-order valence-electron chi connectivity index (χ1n) is 5.82. The fourth-order valence-corrected chi connectivity index (χ4v) is 1.56. The number of nitro benzene ring substituents is 2. The molecule has 8 heteroatoms. The van der Waals surface area contributed by atoms with Crippen LogP contribution in [0.25, 0.3) is 0 Å². The number of anilines is 1. The van der Waals surface area contributed by atoms with Crippen molar-refractivity contribution in [3.63, 3.8) is 0 Å². The lowest BCUT2D eigenvalue weighted by Gasteiger charge is -2.17. The van der Waals surface area contributed by atoms with E-state index < -0.39 is 21.2 Å². The first-order valence-corrected chi connectivity index (χ1v) is 5.82. The van der Waals surface area contributed by atoms with E-state index in [1.807, 2.05) is 20.8 Å². The first kappa shape index (κ1) is 15.5. The normalized spacial score (nSPS) is 10.9. The van der Waals surface area contributed by atoms with Crippen LogP contribution < -0.4 is 5.32 Å². The zero-order chi connectivity index (χ0) is 15.5. The highest BCUT2D eigenvalue weighted by Gasteiger charge is 2.20. The van der Waals surface area contributed by atoms with E-state index >= 15 is 0 Å². The molecule has 1 aromatic rings. The van der Waals surface area contributed by atoms with Crippen molar-refractivity contribution in [3.8, 4) is 0 Å². The minimum absolute atomic E-state index is 0.0418. The molecule has 0 aliphatic rings. The van der Waals surface area contributed by atoms with Crippen molar-refractivity contribution in [3.05, 3.63) is 38.4 Å². The monoisotopic (exact) mass is 281 g/mol. The number of benzene rings is 1. The first-order chi connectivity index (χ1) is 9.08. The summed E-state index contributed by atoms with van der Waals surface area (Å²) in [7, 11) is 0. The number of hydrogen-bond acceptors (Lipinski definition) is 5. The van der Waals surface area contributed by atoms with Crippen LogP contribution in [0.5, 0.6) is 0 Å². The second-order valence-corrected chi connectivity index (χ2v) is 5.54. The van der Waals surface area contributed by atoms with E-state index in [4.69, 9.17) is 0 Å². The minimum Gasteiger partial charge on any atom is -0.326 e. The second-order valence-electron chi connectivity index (χ2n) is 5.54. The molecule has 0 fully saturated rings. The van der Waals surface area contributed by atoms with Gasteiger partial charge in [-0.2, -0.15) is 0 Å². The number of amides is 1. The zero-order valence-electron chi connectivity index (χ0n) is 11.4. The molecule has 0 unspecified atom stereocenters. The van der Waals surface area contributed by atoms with Crippen LogP contribution in [0.2, 0.25) is 0 Å². The Balaban J connectivity index is 3.03. The maximum Gasteiger partial charge on any atom is 0.278 e.